The number of benzene rings is 2. The molecule has 4 heteroatoms. The van der Waals surface area contributed by atoms with Gasteiger partial charge in [-0.05, 0) is 42.2 Å². The van der Waals surface area contributed by atoms with Crippen molar-refractivity contribution in [3.8, 4) is 0 Å². The molecule has 0 saturated carbocycles. The van der Waals surface area contributed by atoms with Gasteiger partial charge in [0.1, 0.15) is 0 Å². The molecule has 0 radical (unpaired) electrons. The molecule has 0 spiro atoms. The molecular weight excluding hydrogens is 368 g/mol. The van der Waals surface area contributed by atoms with E-state index in [-0.39, 0.29) is 21.2 Å². The molecule has 0 aliphatic rings. The van der Waals surface area contributed by atoms with Crippen LogP contribution in [0.25, 0.3) is 0 Å². The van der Waals surface area contributed by atoms with Crippen molar-refractivity contribution in [1.29, 1.82) is 0 Å². The second-order valence-corrected chi connectivity index (χ2v) is 10.5. The van der Waals surface area contributed by atoms with E-state index in [4.69, 9.17) is 24.2 Å². The van der Waals surface area contributed by atoms with Gasteiger partial charge in [0.25, 0.3) is 0 Å². The molecule has 25 heavy (non-hydrogen) atoms. The summed E-state index contributed by atoms with van der Waals surface area (Å²) in [7, 11) is 0. The summed E-state index contributed by atoms with van der Waals surface area (Å²) in [5.41, 5.74) is 2.49. The lowest BCUT2D eigenvalue weighted by Crippen LogP contribution is -2.28. The van der Waals surface area contributed by atoms with Gasteiger partial charge in [-0.25, -0.2) is 0 Å². The van der Waals surface area contributed by atoms with Crippen LogP contribution in [0.4, 0.5) is 0 Å². The molecule has 2 aromatic rings. The average molecular weight is 393 g/mol. The topological polar surface area (TPSA) is 17.1 Å². The first-order valence-electron chi connectivity index (χ1n) is 8.32. The fraction of sp³-hybridized carbons (Fsp3) is 0.381. The summed E-state index contributed by atoms with van der Waals surface area (Å²) >= 11 is 15.4. The Hall–Kier alpha value is -0.900. The summed E-state index contributed by atoms with van der Waals surface area (Å²) in [5, 5.41) is 0.625. The second-order valence-electron chi connectivity index (χ2n) is 7.68. The number of thiol groups is 2. The van der Waals surface area contributed by atoms with E-state index < -0.39 is 0 Å². The number of hydrogen-bond acceptors (Lipinski definition) is 3. The van der Waals surface area contributed by atoms with Crippen molar-refractivity contribution in [2.24, 2.45) is 0 Å². The minimum atomic E-state index is -0.179. The number of carbonyl (C=O) groups excluding carboxylic acids is 1. The Morgan fingerprint density at radius 3 is 1.76 bits per heavy atom. The average Bonchev–Trinajstić information content (AvgIpc) is 2.51. The largest absolute Gasteiger partial charge is 0.289 e. The van der Waals surface area contributed by atoms with Crippen molar-refractivity contribution >= 4 is 42.6 Å². The third kappa shape index (κ3) is 5.80. The van der Waals surface area contributed by atoms with Crippen LogP contribution in [0.2, 0.25) is 5.02 Å². The molecule has 1 atom stereocenters. The minimum Gasteiger partial charge on any atom is -0.289 e. The molecule has 2 rings (SSSR count). The fourth-order valence-corrected chi connectivity index (χ4v) is 3.46. The highest BCUT2D eigenvalue weighted by Gasteiger charge is 2.31. The number of halogens is 1. The van der Waals surface area contributed by atoms with Gasteiger partial charge in [0, 0.05) is 25.6 Å². The highest BCUT2D eigenvalue weighted by atomic mass is 35.5. The van der Waals surface area contributed by atoms with Crippen LogP contribution in [0.5, 0.6) is 0 Å². The molecule has 0 aliphatic carbocycles. The van der Waals surface area contributed by atoms with Crippen LogP contribution >= 0.6 is 36.9 Å². The molecule has 0 fully saturated rings. The van der Waals surface area contributed by atoms with E-state index in [9.17, 15) is 4.79 Å². The lowest BCUT2D eigenvalue weighted by atomic mass is 9.81. The zero-order valence-corrected chi connectivity index (χ0v) is 17.6. The SMILES string of the molecule is CC(C)(S)CC(c1ccc(C(=O)c2ccc(Cl)cc2)cc1)C(C)(C)S. The maximum Gasteiger partial charge on any atom is 0.193 e. The van der Waals surface area contributed by atoms with Crippen molar-refractivity contribution in [3.63, 3.8) is 0 Å². The van der Waals surface area contributed by atoms with Crippen molar-refractivity contribution in [2.45, 2.75) is 49.5 Å². The van der Waals surface area contributed by atoms with Gasteiger partial charge < -0.3 is 0 Å². The second kappa shape index (κ2) is 7.77. The molecule has 0 amide bonds. The van der Waals surface area contributed by atoms with Gasteiger partial charge in [0.15, 0.2) is 5.78 Å². The zero-order chi connectivity index (χ0) is 18.8. The third-order valence-electron chi connectivity index (χ3n) is 4.24. The van der Waals surface area contributed by atoms with Crippen LogP contribution in [0, 0.1) is 0 Å². The number of ketones is 1. The molecule has 0 N–H and O–H groups in total. The molecule has 0 bridgehead atoms. The van der Waals surface area contributed by atoms with Crippen molar-refractivity contribution in [3.05, 3.63) is 70.2 Å². The van der Waals surface area contributed by atoms with E-state index in [1.54, 1.807) is 24.3 Å². The van der Waals surface area contributed by atoms with Crippen LogP contribution in [-0.2, 0) is 0 Å². The number of rotatable bonds is 6. The summed E-state index contributed by atoms with van der Waals surface area (Å²) in [4.78, 5) is 12.6. The Morgan fingerprint density at radius 2 is 1.36 bits per heavy atom. The molecule has 0 aromatic heterocycles. The van der Waals surface area contributed by atoms with E-state index in [2.05, 4.69) is 40.3 Å². The van der Waals surface area contributed by atoms with E-state index in [0.717, 1.165) is 6.42 Å². The number of carbonyl (C=O) groups is 1. The normalized spacial score (nSPS) is 13.6. The Balaban J connectivity index is 2.28. The maximum absolute atomic E-state index is 12.6. The zero-order valence-electron chi connectivity index (χ0n) is 15.1. The molecule has 134 valence electrons. The first kappa shape index (κ1) is 20.4. The van der Waals surface area contributed by atoms with Crippen molar-refractivity contribution < 1.29 is 4.79 Å². The predicted octanol–water partition coefficient (Wildman–Crippen LogP) is 6.46. The Labute approximate surface area is 167 Å². The van der Waals surface area contributed by atoms with Gasteiger partial charge >= 0.3 is 0 Å². The third-order valence-corrected chi connectivity index (χ3v) is 4.98. The van der Waals surface area contributed by atoms with E-state index >= 15 is 0 Å². The monoisotopic (exact) mass is 392 g/mol. The van der Waals surface area contributed by atoms with Crippen molar-refractivity contribution in [2.75, 3.05) is 0 Å². The quantitative estimate of drug-likeness (QED) is 0.426. The molecule has 0 saturated heterocycles. The summed E-state index contributed by atoms with van der Waals surface area (Å²) in [5.74, 6) is 0.238. The van der Waals surface area contributed by atoms with Gasteiger partial charge in [-0.1, -0.05) is 63.6 Å². The molecule has 1 unspecified atom stereocenters. The Kier molecular flexibility index (Phi) is 6.35. The lowest BCUT2D eigenvalue weighted by Gasteiger charge is -2.35. The van der Waals surface area contributed by atoms with Crippen LogP contribution in [0.1, 0.15) is 61.5 Å². The van der Waals surface area contributed by atoms with E-state index in [1.165, 1.54) is 5.56 Å². The van der Waals surface area contributed by atoms with Crippen LogP contribution in [0.15, 0.2) is 48.5 Å². The van der Waals surface area contributed by atoms with Crippen LogP contribution in [0.3, 0.4) is 0 Å². The van der Waals surface area contributed by atoms with Gasteiger partial charge in [-0.3, -0.25) is 4.79 Å². The molecule has 2 aromatic carbocycles. The van der Waals surface area contributed by atoms with E-state index in [0.29, 0.717) is 16.1 Å². The number of hydrogen-bond donors (Lipinski definition) is 2. The minimum absolute atomic E-state index is 0.000532. The highest BCUT2D eigenvalue weighted by molar-refractivity contribution is 7.82. The van der Waals surface area contributed by atoms with Crippen molar-refractivity contribution in [1.82, 2.24) is 0 Å². The molecule has 0 aliphatic heterocycles. The predicted molar refractivity (Wildman–Crippen MR) is 115 cm³/mol. The Bertz CT molecular complexity index is 722. The first-order valence-corrected chi connectivity index (χ1v) is 9.59. The summed E-state index contributed by atoms with van der Waals surface area (Å²) in [6.07, 6.45) is 0.900. The van der Waals surface area contributed by atoms with E-state index in [1.807, 2.05) is 24.3 Å². The van der Waals surface area contributed by atoms with Gasteiger partial charge in [0.2, 0.25) is 0 Å². The smallest absolute Gasteiger partial charge is 0.193 e. The molecule has 1 nitrogen and oxygen atoms in total. The standard InChI is InChI=1S/C21H25ClOS2/c1-20(2,24)13-18(21(3,4)25)14-5-7-15(8-6-14)19(23)16-9-11-17(22)12-10-16/h5-12,18,24-25H,13H2,1-4H3. The first-order chi connectivity index (χ1) is 11.5. The Morgan fingerprint density at radius 1 is 0.920 bits per heavy atom. The molecular formula is C21H25ClOS2. The fourth-order valence-electron chi connectivity index (χ4n) is 2.91. The lowest BCUT2D eigenvalue weighted by molar-refractivity contribution is 0.103. The maximum atomic E-state index is 12.6. The van der Waals surface area contributed by atoms with Gasteiger partial charge in [0.05, 0.1) is 0 Å². The van der Waals surface area contributed by atoms with Gasteiger partial charge in [-0.15, -0.1) is 0 Å². The van der Waals surface area contributed by atoms with Crippen LogP contribution < -0.4 is 0 Å². The van der Waals surface area contributed by atoms with Gasteiger partial charge in [-0.2, -0.15) is 25.3 Å². The highest BCUT2D eigenvalue weighted by Crippen LogP contribution is 2.40. The summed E-state index contributed by atoms with van der Waals surface area (Å²) in [6, 6.07) is 14.8. The summed E-state index contributed by atoms with van der Waals surface area (Å²) in [6.45, 7) is 8.46. The van der Waals surface area contributed by atoms with Crippen LogP contribution in [-0.4, -0.2) is 15.3 Å². The summed E-state index contributed by atoms with van der Waals surface area (Å²) < 4.78 is -0.274. The molecule has 0 heterocycles.